The molecule has 64 valence electrons. The molecule has 0 fully saturated rings. The largest absolute Gasteiger partial charge is 0.387 e. The Morgan fingerprint density at radius 2 is 2.00 bits per heavy atom. The second kappa shape index (κ2) is 4.30. The van der Waals surface area contributed by atoms with E-state index in [1.54, 1.807) is 24.3 Å². The summed E-state index contributed by atoms with van der Waals surface area (Å²) in [5.74, 6) is 2.38. The quantitative estimate of drug-likeness (QED) is 0.687. The van der Waals surface area contributed by atoms with E-state index in [0.29, 0.717) is 12.0 Å². The predicted molar refractivity (Wildman–Crippen MR) is 49.6 cm³/mol. The van der Waals surface area contributed by atoms with Crippen LogP contribution in [0.5, 0.6) is 0 Å². The van der Waals surface area contributed by atoms with Crippen LogP contribution in [0.3, 0.4) is 0 Å². The molecule has 0 heterocycles. The maximum Gasteiger partial charge on any atom is 0.0991 e. The first-order valence-corrected chi connectivity index (χ1v) is 3.89. The van der Waals surface area contributed by atoms with Crippen molar-refractivity contribution in [3.8, 4) is 18.4 Å². The van der Waals surface area contributed by atoms with E-state index >= 15 is 0 Å². The summed E-state index contributed by atoms with van der Waals surface area (Å²) in [6.07, 6.45) is 4.73. The Morgan fingerprint density at radius 1 is 1.38 bits per heavy atom. The summed E-state index contributed by atoms with van der Waals surface area (Å²) < 4.78 is 0. The summed E-state index contributed by atoms with van der Waals surface area (Å²) in [6, 6.07) is 8.74. The van der Waals surface area contributed by atoms with Gasteiger partial charge in [0.15, 0.2) is 0 Å². The standard InChI is InChI=1S/C11H9NO/c1-2-3-11(13)10-6-4-9(8-12)5-7-10/h1,4-7,11,13H,3H2. The lowest BCUT2D eigenvalue weighted by Gasteiger charge is -2.06. The fourth-order valence-corrected chi connectivity index (χ4v) is 1.01. The van der Waals surface area contributed by atoms with Gasteiger partial charge in [0, 0.05) is 6.42 Å². The Morgan fingerprint density at radius 3 is 2.46 bits per heavy atom. The van der Waals surface area contributed by atoms with Crippen molar-refractivity contribution in [3.05, 3.63) is 35.4 Å². The molecule has 1 unspecified atom stereocenters. The van der Waals surface area contributed by atoms with Crippen LogP contribution in [0.1, 0.15) is 23.7 Å². The Balaban J connectivity index is 2.82. The van der Waals surface area contributed by atoms with Gasteiger partial charge in [-0.15, -0.1) is 12.3 Å². The van der Waals surface area contributed by atoms with Gasteiger partial charge in [0.2, 0.25) is 0 Å². The Labute approximate surface area is 77.4 Å². The zero-order chi connectivity index (χ0) is 9.68. The van der Waals surface area contributed by atoms with Crippen LogP contribution in [0.25, 0.3) is 0 Å². The third-order valence-corrected chi connectivity index (χ3v) is 1.74. The fraction of sp³-hybridized carbons (Fsp3) is 0.182. The van der Waals surface area contributed by atoms with Crippen molar-refractivity contribution in [1.29, 1.82) is 5.26 Å². The zero-order valence-corrected chi connectivity index (χ0v) is 7.07. The van der Waals surface area contributed by atoms with Crippen molar-refractivity contribution in [2.24, 2.45) is 0 Å². The highest BCUT2D eigenvalue weighted by atomic mass is 16.3. The minimum atomic E-state index is -0.627. The Hall–Kier alpha value is -1.77. The predicted octanol–water partition coefficient (Wildman–Crippen LogP) is 1.61. The molecule has 0 radical (unpaired) electrons. The molecule has 1 aromatic carbocycles. The van der Waals surface area contributed by atoms with E-state index in [4.69, 9.17) is 11.7 Å². The molecule has 0 spiro atoms. The molecule has 13 heavy (non-hydrogen) atoms. The Kier molecular flexibility index (Phi) is 3.09. The van der Waals surface area contributed by atoms with Crippen LogP contribution in [0, 0.1) is 23.7 Å². The molecule has 0 saturated heterocycles. The van der Waals surface area contributed by atoms with Crippen molar-refractivity contribution in [2.75, 3.05) is 0 Å². The van der Waals surface area contributed by atoms with Gasteiger partial charge in [0.1, 0.15) is 0 Å². The molecule has 1 aromatic rings. The second-order valence-electron chi connectivity index (χ2n) is 2.66. The maximum atomic E-state index is 9.46. The van der Waals surface area contributed by atoms with Crippen LogP contribution in [0.4, 0.5) is 0 Å². The maximum absolute atomic E-state index is 9.46. The summed E-state index contributed by atoms with van der Waals surface area (Å²) in [6.45, 7) is 0. The normalized spacial score (nSPS) is 11.3. The molecule has 0 aromatic heterocycles. The molecular formula is C11H9NO. The van der Waals surface area contributed by atoms with Gasteiger partial charge in [-0.05, 0) is 17.7 Å². The van der Waals surface area contributed by atoms with Crippen molar-refractivity contribution in [3.63, 3.8) is 0 Å². The monoisotopic (exact) mass is 171 g/mol. The van der Waals surface area contributed by atoms with E-state index < -0.39 is 6.10 Å². The highest BCUT2D eigenvalue weighted by molar-refractivity contribution is 5.32. The molecule has 0 amide bonds. The minimum Gasteiger partial charge on any atom is -0.387 e. The van der Waals surface area contributed by atoms with Gasteiger partial charge in [0.05, 0.1) is 17.7 Å². The number of rotatable bonds is 2. The summed E-state index contributed by atoms with van der Waals surface area (Å²) in [5, 5.41) is 18.0. The number of hydrogen-bond donors (Lipinski definition) is 1. The van der Waals surface area contributed by atoms with E-state index in [-0.39, 0.29) is 0 Å². The molecule has 0 bridgehead atoms. The number of hydrogen-bond acceptors (Lipinski definition) is 2. The molecule has 2 heteroatoms. The number of aliphatic hydroxyl groups excluding tert-OH is 1. The summed E-state index contributed by atoms with van der Waals surface area (Å²) in [7, 11) is 0. The molecule has 2 nitrogen and oxygen atoms in total. The average molecular weight is 171 g/mol. The fourth-order valence-electron chi connectivity index (χ4n) is 1.01. The molecular weight excluding hydrogens is 162 g/mol. The second-order valence-corrected chi connectivity index (χ2v) is 2.66. The van der Waals surface area contributed by atoms with Gasteiger partial charge in [0.25, 0.3) is 0 Å². The van der Waals surface area contributed by atoms with Crippen LogP contribution >= 0.6 is 0 Å². The number of terminal acetylenes is 1. The van der Waals surface area contributed by atoms with Gasteiger partial charge >= 0.3 is 0 Å². The Bertz CT molecular complexity index is 353. The SMILES string of the molecule is C#CCC(O)c1ccc(C#N)cc1. The van der Waals surface area contributed by atoms with Crippen molar-refractivity contribution >= 4 is 0 Å². The van der Waals surface area contributed by atoms with Crippen molar-refractivity contribution in [2.45, 2.75) is 12.5 Å². The lowest BCUT2D eigenvalue weighted by Crippen LogP contribution is -1.95. The smallest absolute Gasteiger partial charge is 0.0991 e. The van der Waals surface area contributed by atoms with Gasteiger partial charge in [-0.1, -0.05) is 12.1 Å². The molecule has 0 saturated carbocycles. The number of nitrogens with zero attached hydrogens (tertiary/aromatic N) is 1. The third kappa shape index (κ3) is 2.33. The van der Waals surface area contributed by atoms with E-state index in [9.17, 15) is 5.11 Å². The first-order chi connectivity index (χ1) is 6.27. The van der Waals surface area contributed by atoms with E-state index in [1.165, 1.54) is 0 Å². The van der Waals surface area contributed by atoms with E-state index in [0.717, 1.165) is 5.56 Å². The van der Waals surface area contributed by atoms with Crippen LogP contribution in [0.15, 0.2) is 24.3 Å². The van der Waals surface area contributed by atoms with Crippen molar-refractivity contribution in [1.82, 2.24) is 0 Å². The number of nitriles is 1. The first kappa shape index (κ1) is 9.32. The highest BCUT2D eigenvalue weighted by Crippen LogP contribution is 2.15. The van der Waals surface area contributed by atoms with Crippen LogP contribution < -0.4 is 0 Å². The summed E-state index contributed by atoms with van der Waals surface area (Å²) in [5.41, 5.74) is 1.33. The molecule has 1 N–H and O–H groups in total. The molecule has 1 rings (SSSR count). The van der Waals surface area contributed by atoms with E-state index in [2.05, 4.69) is 5.92 Å². The summed E-state index contributed by atoms with van der Waals surface area (Å²) >= 11 is 0. The van der Waals surface area contributed by atoms with Gasteiger partial charge in [-0.25, -0.2) is 0 Å². The van der Waals surface area contributed by atoms with Gasteiger partial charge in [-0.3, -0.25) is 0 Å². The summed E-state index contributed by atoms with van der Waals surface area (Å²) in [4.78, 5) is 0. The lowest BCUT2D eigenvalue weighted by atomic mass is 10.1. The zero-order valence-electron chi connectivity index (χ0n) is 7.07. The molecule has 0 aliphatic heterocycles. The lowest BCUT2D eigenvalue weighted by molar-refractivity contribution is 0.184. The topological polar surface area (TPSA) is 44.0 Å². The first-order valence-electron chi connectivity index (χ1n) is 3.89. The van der Waals surface area contributed by atoms with Crippen LogP contribution in [-0.2, 0) is 0 Å². The van der Waals surface area contributed by atoms with Crippen molar-refractivity contribution < 1.29 is 5.11 Å². The molecule has 0 aliphatic rings. The average Bonchev–Trinajstić information content (AvgIpc) is 2.18. The highest BCUT2D eigenvalue weighted by Gasteiger charge is 2.04. The number of aliphatic hydroxyl groups is 1. The third-order valence-electron chi connectivity index (χ3n) is 1.74. The molecule has 0 aliphatic carbocycles. The van der Waals surface area contributed by atoms with Gasteiger partial charge < -0.3 is 5.11 Å². The van der Waals surface area contributed by atoms with E-state index in [1.807, 2.05) is 6.07 Å². The van der Waals surface area contributed by atoms with Crippen LogP contribution in [0.2, 0.25) is 0 Å². The molecule has 1 atom stereocenters. The number of benzene rings is 1. The minimum absolute atomic E-state index is 0.298. The van der Waals surface area contributed by atoms with Gasteiger partial charge in [-0.2, -0.15) is 5.26 Å². The van der Waals surface area contributed by atoms with Crippen LogP contribution in [-0.4, -0.2) is 5.11 Å².